The molecule has 1 saturated heterocycles. The topological polar surface area (TPSA) is 54.8 Å². The van der Waals surface area contributed by atoms with Crippen molar-refractivity contribution in [2.75, 3.05) is 38.1 Å². The molecule has 29 heavy (non-hydrogen) atoms. The van der Waals surface area contributed by atoms with Crippen LogP contribution in [-0.2, 0) is 4.74 Å². The Morgan fingerprint density at radius 1 is 1.14 bits per heavy atom. The Morgan fingerprint density at radius 2 is 1.79 bits per heavy atom. The predicted molar refractivity (Wildman–Crippen MR) is 111 cm³/mol. The van der Waals surface area contributed by atoms with Gasteiger partial charge in [-0.25, -0.2) is 9.18 Å². The lowest BCUT2D eigenvalue weighted by atomic mass is 10.1. The highest BCUT2D eigenvalue weighted by atomic mass is 19.1. The van der Waals surface area contributed by atoms with Crippen molar-refractivity contribution in [1.29, 1.82) is 0 Å². The largest absolute Gasteiger partial charge is 0.456 e. The molecule has 1 aromatic carbocycles. The second-order valence-electron chi connectivity index (χ2n) is 9.12. The summed E-state index contributed by atoms with van der Waals surface area (Å²) in [7, 11) is 2.05. The van der Waals surface area contributed by atoms with Gasteiger partial charge in [-0.1, -0.05) is 0 Å². The fourth-order valence-electron chi connectivity index (χ4n) is 3.78. The van der Waals surface area contributed by atoms with Crippen LogP contribution in [0.15, 0.2) is 23.1 Å². The number of fused-ring (bicyclic) bond motifs is 1. The van der Waals surface area contributed by atoms with Gasteiger partial charge in [0.2, 0.25) is 5.43 Å². The molecule has 1 saturated carbocycles. The molecule has 2 aliphatic rings. The standard InChI is InChI=1S/C22H28FN3O3/c1-22(2,3)29-21(28)16-13-26(14-5-6-14)18-12-19(17(23)11-15(18)20(16)27)25-9-7-24(4)8-10-25/h11-14H,5-10H2,1-4H3. The van der Waals surface area contributed by atoms with Crippen molar-refractivity contribution in [3.63, 3.8) is 0 Å². The van der Waals surface area contributed by atoms with Crippen LogP contribution in [0.1, 0.15) is 50.0 Å². The van der Waals surface area contributed by atoms with Crippen LogP contribution in [0.2, 0.25) is 0 Å². The van der Waals surface area contributed by atoms with Gasteiger partial charge in [-0.2, -0.15) is 0 Å². The molecule has 0 amide bonds. The number of likely N-dealkylation sites (N-methyl/N-ethyl adjacent to an activating group) is 1. The van der Waals surface area contributed by atoms with Gasteiger partial charge in [-0.05, 0) is 52.8 Å². The molecular formula is C22H28FN3O3. The van der Waals surface area contributed by atoms with E-state index in [1.165, 1.54) is 6.07 Å². The van der Waals surface area contributed by atoms with Crippen LogP contribution in [0.4, 0.5) is 10.1 Å². The molecule has 0 atom stereocenters. The molecule has 2 aromatic rings. The van der Waals surface area contributed by atoms with Gasteiger partial charge < -0.3 is 19.1 Å². The maximum absolute atomic E-state index is 15.0. The van der Waals surface area contributed by atoms with E-state index in [1.807, 2.05) is 9.47 Å². The number of hydrogen-bond acceptors (Lipinski definition) is 5. The number of halogens is 1. The number of hydrogen-bond donors (Lipinski definition) is 0. The second kappa shape index (κ2) is 7.13. The minimum Gasteiger partial charge on any atom is -0.456 e. The molecule has 1 aliphatic heterocycles. The number of pyridine rings is 1. The lowest BCUT2D eigenvalue weighted by Crippen LogP contribution is -2.44. The third-order valence-electron chi connectivity index (χ3n) is 5.50. The smallest absolute Gasteiger partial charge is 0.344 e. The summed E-state index contributed by atoms with van der Waals surface area (Å²) in [6.45, 7) is 8.48. The molecule has 0 spiro atoms. The first kappa shape index (κ1) is 19.9. The normalized spacial score (nSPS) is 18.3. The van der Waals surface area contributed by atoms with Crippen molar-refractivity contribution in [2.45, 2.75) is 45.3 Å². The molecule has 0 N–H and O–H groups in total. The van der Waals surface area contributed by atoms with E-state index < -0.39 is 22.8 Å². The number of carbonyl (C=O) groups excluding carboxylic acids is 1. The van der Waals surface area contributed by atoms with Crippen LogP contribution in [0.3, 0.4) is 0 Å². The third-order valence-corrected chi connectivity index (χ3v) is 5.50. The predicted octanol–water partition coefficient (Wildman–Crippen LogP) is 3.18. The SMILES string of the molecule is CN1CCN(c2cc3c(cc2F)c(=O)c(C(=O)OC(C)(C)C)cn3C2CC2)CC1. The monoisotopic (exact) mass is 401 g/mol. The van der Waals surface area contributed by atoms with Crippen LogP contribution in [-0.4, -0.2) is 54.3 Å². The van der Waals surface area contributed by atoms with Crippen LogP contribution in [0.25, 0.3) is 10.9 Å². The first-order valence-electron chi connectivity index (χ1n) is 10.2. The first-order valence-corrected chi connectivity index (χ1v) is 10.2. The van der Waals surface area contributed by atoms with Crippen LogP contribution in [0, 0.1) is 5.82 Å². The quantitative estimate of drug-likeness (QED) is 0.740. The van der Waals surface area contributed by atoms with Crippen molar-refractivity contribution < 1.29 is 13.9 Å². The van der Waals surface area contributed by atoms with E-state index >= 15 is 4.39 Å². The highest BCUT2D eigenvalue weighted by Crippen LogP contribution is 2.38. The maximum atomic E-state index is 15.0. The van der Waals surface area contributed by atoms with Gasteiger partial charge in [0.15, 0.2) is 0 Å². The number of benzene rings is 1. The zero-order valence-electron chi connectivity index (χ0n) is 17.5. The number of anilines is 1. The van der Waals surface area contributed by atoms with Crippen LogP contribution in [0.5, 0.6) is 0 Å². The van der Waals surface area contributed by atoms with E-state index in [9.17, 15) is 9.59 Å². The number of nitrogens with zero attached hydrogens (tertiary/aromatic N) is 3. The van der Waals surface area contributed by atoms with E-state index in [0.717, 1.165) is 39.0 Å². The Kier molecular flexibility index (Phi) is 4.89. The molecule has 7 heteroatoms. The molecule has 2 fully saturated rings. The Labute approximate surface area is 169 Å². The lowest BCUT2D eigenvalue weighted by molar-refractivity contribution is 0.00674. The molecule has 6 nitrogen and oxygen atoms in total. The van der Waals surface area contributed by atoms with Gasteiger partial charge in [0.05, 0.1) is 11.2 Å². The van der Waals surface area contributed by atoms with Gasteiger partial charge >= 0.3 is 5.97 Å². The molecule has 0 radical (unpaired) electrons. The minimum absolute atomic E-state index is 0.0360. The van der Waals surface area contributed by atoms with Crippen molar-refractivity contribution in [2.24, 2.45) is 0 Å². The van der Waals surface area contributed by atoms with Crippen molar-refractivity contribution >= 4 is 22.6 Å². The zero-order valence-corrected chi connectivity index (χ0v) is 17.5. The van der Waals surface area contributed by atoms with Gasteiger partial charge in [0.1, 0.15) is 17.0 Å². The average Bonchev–Trinajstić information content (AvgIpc) is 3.46. The summed E-state index contributed by atoms with van der Waals surface area (Å²) in [5.74, 6) is -1.09. The third kappa shape index (κ3) is 4.01. The Morgan fingerprint density at radius 3 is 2.38 bits per heavy atom. The molecule has 156 valence electrons. The summed E-state index contributed by atoms with van der Waals surface area (Å²) >= 11 is 0. The fourth-order valence-corrected chi connectivity index (χ4v) is 3.78. The van der Waals surface area contributed by atoms with E-state index in [0.29, 0.717) is 11.2 Å². The highest BCUT2D eigenvalue weighted by Gasteiger charge is 2.29. The van der Waals surface area contributed by atoms with Crippen LogP contribution >= 0.6 is 0 Å². The molecule has 0 bridgehead atoms. The highest BCUT2D eigenvalue weighted by molar-refractivity contribution is 5.95. The summed E-state index contributed by atoms with van der Waals surface area (Å²) in [6.07, 6.45) is 3.56. The van der Waals surface area contributed by atoms with Gasteiger partial charge in [0, 0.05) is 43.8 Å². The van der Waals surface area contributed by atoms with E-state index in [-0.39, 0.29) is 17.0 Å². The molecule has 4 rings (SSSR count). The number of rotatable bonds is 3. The van der Waals surface area contributed by atoms with Crippen molar-refractivity contribution in [1.82, 2.24) is 9.47 Å². The Hall–Kier alpha value is -2.41. The van der Waals surface area contributed by atoms with E-state index in [2.05, 4.69) is 11.9 Å². The number of ether oxygens (including phenoxy) is 1. The van der Waals surface area contributed by atoms with Crippen LogP contribution < -0.4 is 10.3 Å². The van der Waals surface area contributed by atoms with Crippen molar-refractivity contribution in [3.8, 4) is 0 Å². The number of piperazine rings is 1. The maximum Gasteiger partial charge on any atom is 0.344 e. The molecule has 2 heterocycles. The summed E-state index contributed by atoms with van der Waals surface area (Å²) in [4.78, 5) is 29.9. The lowest BCUT2D eigenvalue weighted by Gasteiger charge is -2.34. The van der Waals surface area contributed by atoms with Crippen molar-refractivity contribution in [3.05, 3.63) is 39.9 Å². The minimum atomic E-state index is -0.709. The number of esters is 1. The summed E-state index contributed by atoms with van der Waals surface area (Å²) in [5, 5.41) is 0.232. The Balaban J connectivity index is 1.83. The van der Waals surface area contributed by atoms with Gasteiger partial charge in [0.25, 0.3) is 0 Å². The zero-order chi connectivity index (χ0) is 20.9. The number of aromatic nitrogens is 1. The summed E-state index contributed by atoms with van der Waals surface area (Å²) < 4.78 is 22.4. The summed E-state index contributed by atoms with van der Waals surface area (Å²) in [6, 6.07) is 3.29. The van der Waals surface area contributed by atoms with E-state index in [4.69, 9.17) is 4.74 Å². The van der Waals surface area contributed by atoms with Gasteiger partial charge in [-0.3, -0.25) is 4.79 Å². The summed E-state index contributed by atoms with van der Waals surface area (Å²) in [5.41, 5.74) is -0.0232. The van der Waals surface area contributed by atoms with E-state index in [1.54, 1.807) is 33.0 Å². The number of carbonyl (C=O) groups is 1. The molecule has 1 aromatic heterocycles. The van der Waals surface area contributed by atoms with Gasteiger partial charge in [-0.15, -0.1) is 0 Å². The second-order valence-corrected chi connectivity index (χ2v) is 9.12. The molecular weight excluding hydrogens is 373 g/mol. The average molecular weight is 401 g/mol. The first-order chi connectivity index (χ1) is 13.6. The molecule has 1 aliphatic carbocycles. The fraction of sp³-hybridized carbons (Fsp3) is 0.545. The Bertz CT molecular complexity index is 1010. The molecule has 0 unspecified atom stereocenters.